The van der Waals surface area contributed by atoms with Crippen molar-refractivity contribution in [2.24, 2.45) is 0 Å². The van der Waals surface area contributed by atoms with Crippen molar-refractivity contribution in [3.05, 3.63) is 28.6 Å². The fourth-order valence-corrected chi connectivity index (χ4v) is 1.79. The molecule has 3 aromatic heterocycles. The van der Waals surface area contributed by atoms with Crippen molar-refractivity contribution in [3.8, 4) is 0 Å². The summed E-state index contributed by atoms with van der Waals surface area (Å²) in [7, 11) is 0. The standard InChI is InChI=1S/C8H7BrN8/c9-5-2-1-3-17-7(5)11-8(14-17)10-4-6-12-15-16-13-6/h1-3H,4H2,(H,10,14)(H,12,13,15,16). The normalized spacial score (nSPS) is 10.9. The van der Waals surface area contributed by atoms with Crippen LogP contribution in [0.2, 0.25) is 0 Å². The summed E-state index contributed by atoms with van der Waals surface area (Å²) in [6, 6.07) is 3.79. The van der Waals surface area contributed by atoms with E-state index in [4.69, 9.17) is 0 Å². The minimum atomic E-state index is 0.422. The Morgan fingerprint density at radius 2 is 2.41 bits per heavy atom. The highest BCUT2D eigenvalue weighted by atomic mass is 79.9. The van der Waals surface area contributed by atoms with Gasteiger partial charge >= 0.3 is 0 Å². The SMILES string of the molecule is Brc1cccn2nc(NCc3nn[nH]n3)nc12. The van der Waals surface area contributed by atoms with Crippen LogP contribution in [0, 0.1) is 0 Å². The molecule has 2 N–H and O–H groups in total. The molecule has 3 aromatic rings. The van der Waals surface area contributed by atoms with Crippen LogP contribution >= 0.6 is 15.9 Å². The Morgan fingerprint density at radius 1 is 1.47 bits per heavy atom. The predicted octanol–water partition coefficient (Wildman–Crippen LogP) is 0.617. The van der Waals surface area contributed by atoms with Gasteiger partial charge in [-0.05, 0) is 28.1 Å². The fourth-order valence-electron chi connectivity index (χ4n) is 1.36. The van der Waals surface area contributed by atoms with Gasteiger partial charge in [-0.1, -0.05) is 5.21 Å². The van der Waals surface area contributed by atoms with Gasteiger partial charge in [0.1, 0.15) is 0 Å². The van der Waals surface area contributed by atoms with Gasteiger partial charge in [0, 0.05) is 6.20 Å². The van der Waals surface area contributed by atoms with Crippen LogP contribution in [-0.2, 0) is 6.54 Å². The van der Waals surface area contributed by atoms with Crippen LogP contribution in [0.5, 0.6) is 0 Å². The van der Waals surface area contributed by atoms with Crippen molar-refractivity contribution in [2.75, 3.05) is 5.32 Å². The first-order valence-corrected chi connectivity index (χ1v) is 5.59. The van der Waals surface area contributed by atoms with Crippen molar-refractivity contribution >= 4 is 27.5 Å². The van der Waals surface area contributed by atoms with Crippen LogP contribution < -0.4 is 5.32 Å². The summed E-state index contributed by atoms with van der Waals surface area (Å²) in [6.45, 7) is 0.422. The number of tetrazole rings is 1. The van der Waals surface area contributed by atoms with Crippen LogP contribution in [-0.4, -0.2) is 35.2 Å². The maximum absolute atomic E-state index is 4.32. The van der Waals surface area contributed by atoms with Crippen molar-refractivity contribution in [3.63, 3.8) is 0 Å². The van der Waals surface area contributed by atoms with Crippen LogP contribution in [0.15, 0.2) is 22.8 Å². The fraction of sp³-hybridized carbons (Fsp3) is 0.125. The lowest BCUT2D eigenvalue weighted by molar-refractivity contribution is 0.881. The minimum absolute atomic E-state index is 0.422. The average Bonchev–Trinajstić information content (AvgIpc) is 2.95. The maximum Gasteiger partial charge on any atom is 0.243 e. The molecular weight excluding hydrogens is 288 g/mol. The molecule has 0 spiro atoms. The summed E-state index contributed by atoms with van der Waals surface area (Å²) >= 11 is 3.41. The third-order valence-corrected chi connectivity index (χ3v) is 2.73. The Bertz CT molecular complexity index is 630. The quantitative estimate of drug-likeness (QED) is 0.735. The molecule has 0 aliphatic rings. The number of hydrogen-bond donors (Lipinski definition) is 2. The zero-order valence-corrected chi connectivity index (χ0v) is 10.1. The third-order valence-electron chi connectivity index (χ3n) is 2.11. The molecule has 0 unspecified atom stereocenters. The van der Waals surface area contributed by atoms with Crippen molar-refractivity contribution in [2.45, 2.75) is 6.54 Å². The van der Waals surface area contributed by atoms with Crippen LogP contribution in [0.4, 0.5) is 5.95 Å². The van der Waals surface area contributed by atoms with Crippen molar-refractivity contribution in [1.29, 1.82) is 0 Å². The van der Waals surface area contributed by atoms with E-state index in [1.54, 1.807) is 4.52 Å². The molecule has 0 amide bonds. The van der Waals surface area contributed by atoms with E-state index >= 15 is 0 Å². The molecule has 0 radical (unpaired) electrons. The number of aromatic amines is 1. The molecule has 0 aromatic carbocycles. The molecule has 0 fully saturated rings. The van der Waals surface area contributed by atoms with Gasteiger partial charge < -0.3 is 5.32 Å². The van der Waals surface area contributed by atoms with E-state index in [0.717, 1.165) is 10.1 Å². The van der Waals surface area contributed by atoms with Gasteiger partial charge in [0.2, 0.25) is 5.95 Å². The number of anilines is 1. The number of rotatable bonds is 3. The molecule has 0 saturated carbocycles. The molecular formula is C8H7BrN8. The largest absolute Gasteiger partial charge is 0.345 e. The number of halogens is 1. The monoisotopic (exact) mass is 294 g/mol. The van der Waals surface area contributed by atoms with Crippen molar-refractivity contribution in [1.82, 2.24) is 35.2 Å². The zero-order valence-electron chi connectivity index (χ0n) is 8.50. The van der Waals surface area contributed by atoms with Crippen molar-refractivity contribution < 1.29 is 0 Å². The molecule has 0 saturated heterocycles. The molecule has 0 atom stereocenters. The predicted molar refractivity (Wildman–Crippen MR) is 62.2 cm³/mol. The second kappa shape index (κ2) is 4.09. The highest BCUT2D eigenvalue weighted by Gasteiger charge is 2.06. The molecule has 0 aliphatic heterocycles. The minimum Gasteiger partial charge on any atom is -0.345 e. The Labute approximate surface area is 104 Å². The highest BCUT2D eigenvalue weighted by Crippen LogP contribution is 2.16. The second-order valence-corrected chi connectivity index (χ2v) is 4.10. The van der Waals surface area contributed by atoms with Crippen LogP contribution in [0.1, 0.15) is 5.82 Å². The Kier molecular flexibility index (Phi) is 2.44. The summed E-state index contributed by atoms with van der Waals surface area (Å²) in [5.41, 5.74) is 0.753. The molecule has 8 nitrogen and oxygen atoms in total. The van der Waals surface area contributed by atoms with Gasteiger partial charge in [-0.2, -0.15) is 10.2 Å². The lowest BCUT2D eigenvalue weighted by Gasteiger charge is -1.94. The molecule has 86 valence electrons. The first kappa shape index (κ1) is 10.1. The molecule has 9 heteroatoms. The maximum atomic E-state index is 4.32. The molecule has 3 heterocycles. The van der Waals surface area contributed by atoms with E-state index in [2.05, 4.69) is 52.0 Å². The number of aromatic nitrogens is 7. The van der Waals surface area contributed by atoms with Gasteiger partial charge in [-0.25, -0.2) is 4.52 Å². The van der Waals surface area contributed by atoms with E-state index in [0.29, 0.717) is 18.3 Å². The van der Waals surface area contributed by atoms with E-state index < -0.39 is 0 Å². The lowest BCUT2D eigenvalue weighted by Crippen LogP contribution is -2.03. The number of fused-ring (bicyclic) bond motifs is 1. The lowest BCUT2D eigenvalue weighted by atomic mass is 10.5. The summed E-state index contributed by atoms with van der Waals surface area (Å²) in [5.74, 6) is 1.07. The number of nitrogens with one attached hydrogen (secondary N) is 2. The number of hydrogen-bond acceptors (Lipinski definition) is 6. The zero-order chi connectivity index (χ0) is 11.7. The Morgan fingerprint density at radius 3 is 3.18 bits per heavy atom. The molecule has 0 aliphatic carbocycles. The molecule has 0 bridgehead atoms. The van der Waals surface area contributed by atoms with E-state index in [-0.39, 0.29) is 0 Å². The van der Waals surface area contributed by atoms with Crippen LogP contribution in [0.25, 0.3) is 5.65 Å². The highest BCUT2D eigenvalue weighted by molar-refractivity contribution is 9.10. The topological polar surface area (TPSA) is 96.7 Å². The van der Waals surface area contributed by atoms with E-state index in [9.17, 15) is 0 Å². The smallest absolute Gasteiger partial charge is 0.243 e. The number of pyridine rings is 1. The Hall–Kier alpha value is -2.03. The average molecular weight is 295 g/mol. The van der Waals surface area contributed by atoms with Gasteiger partial charge in [0.05, 0.1) is 11.0 Å². The first-order chi connectivity index (χ1) is 8.33. The van der Waals surface area contributed by atoms with Gasteiger partial charge in [0.15, 0.2) is 11.5 Å². The van der Waals surface area contributed by atoms with Crippen LogP contribution in [0.3, 0.4) is 0 Å². The molecule has 3 rings (SSSR count). The Balaban J connectivity index is 1.84. The third kappa shape index (κ3) is 1.96. The van der Waals surface area contributed by atoms with Gasteiger partial charge in [-0.15, -0.1) is 15.3 Å². The summed E-state index contributed by atoms with van der Waals surface area (Å²) in [6.07, 6.45) is 1.83. The second-order valence-electron chi connectivity index (χ2n) is 3.24. The summed E-state index contributed by atoms with van der Waals surface area (Å²) in [4.78, 5) is 4.32. The summed E-state index contributed by atoms with van der Waals surface area (Å²) in [5, 5.41) is 20.7. The van der Waals surface area contributed by atoms with E-state index in [1.807, 2.05) is 18.3 Å². The molecule has 17 heavy (non-hydrogen) atoms. The summed E-state index contributed by atoms with van der Waals surface area (Å²) < 4.78 is 2.57. The first-order valence-electron chi connectivity index (χ1n) is 4.80. The van der Waals surface area contributed by atoms with E-state index in [1.165, 1.54) is 0 Å². The van der Waals surface area contributed by atoms with Gasteiger partial charge in [0.25, 0.3) is 0 Å². The number of nitrogens with zero attached hydrogens (tertiary/aromatic N) is 6. The van der Waals surface area contributed by atoms with Gasteiger partial charge in [-0.3, -0.25) is 0 Å². The number of H-pyrrole nitrogens is 1.